The van der Waals surface area contributed by atoms with Gasteiger partial charge in [0.1, 0.15) is 5.75 Å². The molecule has 3 aromatic rings. The van der Waals surface area contributed by atoms with Gasteiger partial charge in [0.15, 0.2) is 0 Å². The number of fused-ring (bicyclic) bond motifs is 1. The van der Waals surface area contributed by atoms with Crippen LogP contribution in [0.2, 0.25) is 0 Å². The molecule has 3 nitrogen and oxygen atoms in total. The number of H-pyrrole nitrogens is 1. The average Bonchev–Trinajstić information content (AvgIpc) is 2.51. The highest BCUT2D eigenvalue weighted by molar-refractivity contribution is 7.99. The number of benzene rings is 2. The van der Waals surface area contributed by atoms with Gasteiger partial charge in [0.05, 0.1) is 7.11 Å². The number of hydrogen-bond donors (Lipinski definition) is 1. The number of aromatic amines is 1. The summed E-state index contributed by atoms with van der Waals surface area (Å²) in [5, 5.41) is 1.68. The molecule has 0 fully saturated rings. The summed E-state index contributed by atoms with van der Waals surface area (Å²) in [6.07, 6.45) is 1.76. The van der Waals surface area contributed by atoms with E-state index in [9.17, 15) is 4.79 Å². The van der Waals surface area contributed by atoms with Gasteiger partial charge in [-0.3, -0.25) is 4.79 Å². The fraction of sp³-hybridized carbons (Fsp3) is 0.0625. The van der Waals surface area contributed by atoms with Crippen LogP contribution in [-0.2, 0) is 0 Å². The van der Waals surface area contributed by atoms with Gasteiger partial charge in [-0.25, -0.2) is 0 Å². The third-order valence-corrected chi connectivity index (χ3v) is 4.12. The Labute approximate surface area is 120 Å². The third kappa shape index (κ3) is 2.42. The summed E-state index contributed by atoms with van der Waals surface area (Å²) in [4.78, 5) is 16.7. The smallest absolute Gasteiger partial charge is 0.255 e. The van der Waals surface area contributed by atoms with E-state index in [-0.39, 0.29) is 5.56 Å². The van der Waals surface area contributed by atoms with Crippen LogP contribution in [0, 0.1) is 0 Å². The quantitative estimate of drug-likeness (QED) is 0.797. The van der Waals surface area contributed by atoms with Crippen LogP contribution >= 0.6 is 11.8 Å². The first-order valence-electron chi connectivity index (χ1n) is 6.20. The van der Waals surface area contributed by atoms with E-state index in [1.165, 1.54) is 0 Å². The number of nitrogens with one attached hydrogen (secondary N) is 1. The highest BCUT2D eigenvalue weighted by Crippen LogP contribution is 2.32. The van der Waals surface area contributed by atoms with Crippen LogP contribution in [0.5, 0.6) is 5.75 Å². The fourth-order valence-corrected chi connectivity index (χ4v) is 2.97. The molecular formula is C16H13NO2S. The molecule has 20 heavy (non-hydrogen) atoms. The monoisotopic (exact) mass is 283 g/mol. The van der Waals surface area contributed by atoms with Crippen molar-refractivity contribution in [3.8, 4) is 5.75 Å². The van der Waals surface area contributed by atoms with Crippen LogP contribution in [-0.4, -0.2) is 12.1 Å². The van der Waals surface area contributed by atoms with Crippen molar-refractivity contribution in [3.05, 3.63) is 65.1 Å². The standard InChI is InChI=1S/C16H13NO2S/c1-19-11-6-8-12(9-7-11)20-15-10-17-16(18)14-5-3-2-4-13(14)15/h2-10H,1H3,(H,17,18). The van der Waals surface area contributed by atoms with Crippen molar-refractivity contribution in [2.24, 2.45) is 0 Å². The number of ether oxygens (including phenoxy) is 1. The highest BCUT2D eigenvalue weighted by atomic mass is 32.2. The summed E-state index contributed by atoms with van der Waals surface area (Å²) < 4.78 is 5.15. The maximum absolute atomic E-state index is 11.8. The van der Waals surface area contributed by atoms with Gasteiger partial charge >= 0.3 is 0 Å². The maximum atomic E-state index is 11.8. The summed E-state index contributed by atoms with van der Waals surface area (Å²) in [6.45, 7) is 0. The van der Waals surface area contributed by atoms with Crippen molar-refractivity contribution < 1.29 is 4.74 Å². The predicted octanol–water partition coefficient (Wildman–Crippen LogP) is 3.69. The molecule has 0 amide bonds. The molecule has 0 saturated carbocycles. The summed E-state index contributed by atoms with van der Waals surface area (Å²) in [7, 11) is 1.65. The van der Waals surface area contributed by atoms with Gasteiger partial charge in [-0.15, -0.1) is 0 Å². The molecular weight excluding hydrogens is 270 g/mol. The molecule has 2 aromatic carbocycles. The minimum Gasteiger partial charge on any atom is -0.497 e. The number of methoxy groups -OCH3 is 1. The van der Waals surface area contributed by atoms with E-state index in [2.05, 4.69) is 4.98 Å². The van der Waals surface area contributed by atoms with Gasteiger partial charge in [0.25, 0.3) is 5.56 Å². The van der Waals surface area contributed by atoms with Gasteiger partial charge in [-0.05, 0) is 30.3 Å². The van der Waals surface area contributed by atoms with Crippen molar-refractivity contribution in [1.82, 2.24) is 4.98 Å². The van der Waals surface area contributed by atoms with E-state index in [1.54, 1.807) is 25.1 Å². The molecule has 1 heterocycles. The largest absolute Gasteiger partial charge is 0.497 e. The zero-order valence-corrected chi connectivity index (χ0v) is 11.7. The van der Waals surface area contributed by atoms with E-state index >= 15 is 0 Å². The first-order chi connectivity index (χ1) is 9.78. The Morgan fingerprint density at radius 3 is 2.40 bits per heavy atom. The van der Waals surface area contributed by atoms with Gasteiger partial charge in [-0.2, -0.15) is 0 Å². The topological polar surface area (TPSA) is 42.1 Å². The molecule has 0 aliphatic carbocycles. The molecule has 0 atom stereocenters. The van der Waals surface area contributed by atoms with Crippen molar-refractivity contribution >= 4 is 22.5 Å². The maximum Gasteiger partial charge on any atom is 0.255 e. The van der Waals surface area contributed by atoms with Crippen molar-refractivity contribution in [2.75, 3.05) is 7.11 Å². The lowest BCUT2D eigenvalue weighted by molar-refractivity contribution is 0.414. The second-order valence-electron chi connectivity index (χ2n) is 4.31. The van der Waals surface area contributed by atoms with E-state index in [0.717, 1.165) is 20.9 Å². The molecule has 0 spiro atoms. The Balaban J connectivity index is 2.02. The third-order valence-electron chi connectivity index (χ3n) is 3.06. The van der Waals surface area contributed by atoms with E-state index in [1.807, 2.05) is 48.5 Å². The molecule has 0 aliphatic rings. The Hall–Kier alpha value is -2.20. The molecule has 0 unspecified atom stereocenters. The van der Waals surface area contributed by atoms with Crippen LogP contribution in [0.1, 0.15) is 0 Å². The molecule has 0 radical (unpaired) electrons. The molecule has 100 valence electrons. The normalized spacial score (nSPS) is 10.7. The van der Waals surface area contributed by atoms with Crippen LogP contribution in [0.15, 0.2) is 69.3 Å². The molecule has 1 aromatic heterocycles. The van der Waals surface area contributed by atoms with Crippen LogP contribution < -0.4 is 10.3 Å². The second kappa shape index (κ2) is 5.43. The Morgan fingerprint density at radius 2 is 1.70 bits per heavy atom. The van der Waals surface area contributed by atoms with Crippen molar-refractivity contribution in [1.29, 1.82) is 0 Å². The Morgan fingerprint density at radius 1 is 1.00 bits per heavy atom. The zero-order valence-electron chi connectivity index (χ0n) is 10.9. The summed E-state index contributed by atoms with van der Waals surface area (Å²) in [5.41, 5.74) is -0.0559. The highest BCUT2D eigenvalue weighted by Gasteiger charge is 2.05. The minimum atomic E-state index is -0.0559. The van der Waals surface area contributed by atoms with E-state index in [0.29, 0.717) is 5.39 Å². The first-order valence-corrected chi connectivity index (χ1v) is 7.02. The van der Waals surface area contributed by atoms with E-state index < -0.39 is 0 Å². The number of hydrogen-bond acceptors (Lipinski definition) is 3. The number of rotatable bonds is 3. The SMILES string of the molecule is COc1ccc(Sc2c[nH]c(=O)c3ccccc23)cc1. The fourth-order valence-electron chi connectivity index (χ4n) is 2.04. The van der Waals surface area contributed by atoms with Gasteiger partial charge in [0.2, 0.25) is 0 Å². The van der Waals surface area contributed by atoms with Crippen LogP contribution in [0.4, 0.5) is 0 Å². The molecule has 0 saturated heterocycles. The number of aromatic nitrogens is 1. The zero-order chi connectivity index (χ0) is 13.9. The van der Waals surface area contributed by atoms with E-state index in [4.69, 9.17) is 4.74 Å². The average molecular weight is 283 g/mol. The van der Waals surface area contributed by atoms with Gasteiger partial charge < -0.3 is 9.72 Å². The van der Waals surface area contributed by atoms with Crippen LogP contribution in [0.25, 0.3) is 10.8 Å². The first kappa shape index (κ1) is 12.8. The second-order valence-corrected chi connectivity index (χ2v) is 5.42. The summed E-state index contributed by atoms with van der Waals surface area (Å²) in [5.74, 6) is 0.834. The molecule has 4 heteroatoms. The van der Waals surface area contributed by atoms with Crippen molar-refractivity contribution in [2.45, 2.75) is 9.79 Å². The molecule has 0 bridgehead atoms. The minimum absolute atomic E-state index is 0.0559. The van der Waals surface area contributed by atoms with Gasteiger partial charge in [0, 0.05) is 26.8 Å². The molecule has 1 N–H and O–H groups in total. The summed E-state index contributed by atoms with van der Waals surface area (Å²) >= 11 is 1.62. The molecule has 3 rings (SSSR count). The summed E-state index contributed by atoms with van der Waals surface area (Å²) in [6, 6.07) is 15.5. The van der Waals surface area contributed by atoms with Crippen molar-refractivity contribution in [3.63, 3.8) is 0 Å². The van der Waals surface area contributed by atoms with Gasteiger partial charge in [-0.1, -0.05) is 30.0 Å². The Kier molecular flexibility index (Phi) is 3.48. The lowest BCUT2D eigenvalue weighted by atomic mass is 10.2. The number of pyridine rings is 1. The lowest BCUT2D eigenvalue weighted by Crippen LogP contribution is -2.05. The predicted molar refractivity (Wildman–Crippen MR) is 81.7 cm³/mol. The molecule has 0 aliphatic heterocycles. The lowest BCUT2D eigenvalue weighted by Gasteiger charge is -2.06. The Bertz CT molecular complexity index is 793. The van der Waals surface area contributed by atoms with Crippen LogP contribution in [0.3, 0.4) is 0 Å².